The van der Waals surface area contributed by atoms with Crippen LogP contribution in [0.1, 0.15) is 32.1 Å². The minimum atomic E-state index is -0.152. The van der Waals surface area contributed by atoms with Crippen molar-refractivity contribution >= 4 is 23.6 Å². The number of nitrogens with zero attached hydrogens (tertiary/aromatic N) is 2. The number of hydrogen-bond acceptors (Lipinski definition) is 3. The summed E-state index contributed by atoms with van der Waals surface area (Å²) < 4.78 is 0. The molecular formula is C13H22N2O2S. The molecule has 0 bridgehead atoms. The average Bonchev–Trinajstić information content (AvgIpc) is 2.40. The molecule has 0 aromatic carbocycles. The number of thioether (sulfide) groups is 1. The van der Waals surface area contributed by atoms with Crippen LogP contribution in [0.3, 0.4) is 0 Å². The highest BCUT2D eigenvalue weighted by Gasteiger charge is 2.39. The number of fused-ring (bicyclic) bond motifs is 1. The molecule has 0 spiro atoms. The Balaban J connectivity index is 1.88. The van der Waals surface area contributed by atoms with Crippen molar-refractivity contribution in [1.82, 2.24) is 9.80 Å². The molecule has 0 aliphatic carbocycles. The zero-order valence-corrected chi connectivity index (χ0v) is 11.9. The highest BCUT2D eigenvalue weighted by molar-refractivity contribution is 7.98. The van der Waals surface area contributed by atoms with Gasteiger partial charge in [-0.3, -0.25) is 9.59 Å². The molecule has 2 fully saturated rings. The molecule has 1 unspecified atom stereocenters. The Morgan fingerprint density at radius 3 is 2.89 bits per heavy atom. The molecule has 2 aliphatic rings. The van der Waals surface area contributed by atoms with Crippen LogP contribution in [0.15, 0.2) is 0 Å². The molecule has 18 heavy (non-hydrogen) atoms. The molecule has 2 heterocycles. The molecular weight excluding hydrogens is 248 g/mol. The molecule has 0 aromatic rings. The van der Waals surface area contributed by atoms with Crippen molar-refractivity contribution in [3.8, 4) is 0 Å². The predicted octanol–water partition coefficient (Wildman–Crippen LogP) is 1.35. The number of carbonyl (C=O) groups is 2. The number of amides is 2. The number of piperidine rings is 1. The Kier molecular flexibility index (Phi) is 4.92. The molecule has 4 nitrogen and oxygen atoms in total. The monoisotopic (exact) mass is 270 g/mol. The summed E-state index contributed by atoms with van der Waals surface area (Å²) in [5.41, 5.74) is 0. The maximum absolute atomic E-state index is 12.3. The van der Waals surface area contributed by atoms with Crippen molar-refractivity contribution in [3.05, 3.63) is 0 Å². The minimum Gasteiger partial charge on any atom is -0.332 e. The van der Waals surface area contributed by atoms with Gasteiger partial charge in [-0.15, -0.1) is 0 Å². The van der Waals surface area contributed by atoms with E-state index < -0.39 is 0 Å². The first-order chi connectivity index (χ1) is 8.74. The molecule has 0 saturated carbocycles. The first kappa shape index (κ1) is 13.7. The van der Waals surface area contributed by atoms with Gasteiger partial charge in [-0.2, -0.15) is 11.8 Å². The molecule has 5 heteroatoms. The number of hydrogen-bond donors (Lipinski definition) is 0. The first-order valence-corrected chi connectivity index (χ1v) is 8.20. The molecule has 0 radical (unpaired) electrons. The average molecular weight is 270 g/mol. The third-order valence-corrected chi connectivity index (χ3v) is 4.47. The van der Waals surface area contributed by atoms with Crippen LogP contribution in [0.25, 0.3) is 0 Å². The second-order valence-corrected chi connectivity index (χ2v) is 6.04. The van der Waals surface area contributed by atoms with Crippen LogP contribution in [-0.4, -0.2) is 59.3 Å². The van der Waals surface area contributed by atoms with E-state index in [1.165, 1.54) is 0 Å². The van der Waals surface area contributed by atoms with Gasteiger partial charge in [0.2, 0.25) is 11.8 Å². The summed E-state index contributed by atoms with van der Waals surface area (Å²) in [4.78, 5) is 27.9. The van der Waals surface area contributed by atoms with Crippen LogP contribution in [0.2, 0.25) is 0 Å². The lowest BCUT2D eigenvalue weighted by molar-refractivity contribution is -0.157. The van der Waals surface area contributed by atoms with Crippen LogP contribution in [0, 0.1) is 0 Å². The van der Waals surface area contributed by atoms with E-state index in [2.05, 4.69) is 6.26 Å². The maximum Gasteiger partial charge on any atom is 0.245 e. The van der Waals surface area contributed by atoms with E-state index in [-0.39, 0.29) is 17.9 Å². The Bertz CT molecular complexity index is 322. The summed E-state index contributed by atoms with van der Waals surface area (Å²) in [5.74, 6) is 1.45. The molecule has 1 atom stereocenters. The van der Waals surface area contributed by atoms with Crippen LogP contribution < -0.4 is 0 Å². The fourth-order valence-electron chi connectivity index (χ4n) is 2.77. The standard InChI is InChI=1S/C13H22N2O2S/c1-18-9-5-4-7-14-10-12(16)15-8-3-2-6-11(15)13(14)17/h11H,2-10H2,1H3. The molecule has 0 N–H and O–H groups in total. The number of rotatable bonds is 5. The second kappa shape index (κ2) is 6.45. The third kappa shape index (κ3) is 2.99. The van der Waals surface area contributed by atoms with Crippen LogP contribution in [-0.2, 0) is 9.59 Å². The predicted molar refractivity (Wildman–Crippen MR) is 73.5 cm³/mol. The van der Waals surface area contributed by atoms with Crippen molar-refractivity contribution in [2.24, 2.45) is 0 Å². The number of piperazine rings is 1. The maximum atomic E-state index is 12.3. The molecule has 2 amide bonds. The molecule has 2 rings (SSSR count). The van der Waals surface area contributed by atoms with E-state index in [1.54, 1.807) is 9.80 Å². The fraction of sp³-hybridized carbons (Fsp3) is 0.846. The highest BCUT2D eigenvalue weighted by atomic mass is 32.2. The summed E-state index contributed by atoms with van der Waals surface area (Å²) in [6.07, 6.45) is 7.19. The van der Waals surface area contributed by atoms with Gasteiger partial charge in [0.25, 0.3) is 0 Å². The third-order valence-electron chi connectivity index (χ3n) is 3.77. The number of carbonyl (C=O) groups excluding carboxylic acids is 2. The first-order valence-electron chi connectivity index (χ1n) is 6.81. The Hall–Kier alpha value is -0.710. The lowest BCUT2D eigenvalue weighted by atomic mass is 9.98. The van der Waals surface area contributed by atoms with Crippen molar-refractivity contribution in [2.45, 2.75) is 38.1 Å². The van der Waals surface area contributed by atoms with E-state index in [4.69, 9.17) is 0 Å². The fourth-order valence-corrected chi connectivity index (χ4v) is 3.26. The van der Waals surface area contributed by atoms with E-state index in [9.17, 15) is 9.59 Å². The Labute approximate surface area is 113 Å². The molecule has 2 saturated heterocycles. The van der Waals surface area contributed by atoms with E-state index in [0.29, 0.717) is 6.54 Å². The lowest BCUT2D eigenvalue weighted by Crippen LogP contribution is -2.61. The second-order valence-electron chi connectivity index (χ2n) is 5.06. The summed E-state index contributed by atoms with van der Waals surface area (Å²) >= 11 is 1.83. The topological polar surface area (TPSA) is 40.6 Å². The van der Waals surface area contributed by atoms with E-state index in [1.807, 2.05) is 11.8 Å². The smallest absolute Gasteiger partial charge is 0.245 e. The summed E-state index contributed by atoms with van der Waals surface area (Å²) in [6.45, 7) is 1.82. The Morgan fingerprint density at radius 1 is 1.28 bits per heavy atom. The van der Waals surface area contributed by atoms with Gasteiger partial charge >= 0.3 is 0 Å². The Morgan fingerprint density at radius 2 is 2.11 bits per heavy atom. The van der Waals surface area contributed by atoms with Gasteiger partial charge in [0.05, 0.1) is 6.54 Å². The normalized spacial score (nSPS) is 24.4. The summed E-state index contributed by atoms with van der Waals surface area (Å²) in [6, 6.07) is -0.152. The highest BCUT2D eigenvalue weighted by Crippen LogP contribution is 2.23. The summed E-state index contributed by atoms with van der Waals surface area (Å²) in [7, 11) is 0. The van der Waals surface area contributed by atoms with Crippen molar-refractivity contribution in [3.63, 3.8) is 0 Å². The zero-order chi connectivity index (χ0) is 13.0. The van der Waals surface area contributed by atoms with Crippen LogP contribution >= 0.6 is 11.8 Å². The van der Waals surface area contributed by atoms with Gasteiger partial charge in [0.15, 0.2) is 0 Å². The summed E-state index contributed by atoms with van der Waals surface area (Å²) in [5, 5.41) is 0. The van der Waals surface area contributed by atoms with Crippen molar-refractivity contribution < 1.29 is 9.59 Å². The van der Waals surface area contributed by atoms with Gasteiger partial charge in [0.1, 0.15) is 6.04 Å². The van der Waals surface area contributed by atoms with Crippen molar-refractivity contribution in [2.75, 3.05) is 31.6 Å². The molecule has 2 aliphatic heterocycles. The van der Waals surface area contributed by atoms with Gasteiger partial charge in [-0.05, 0) is 44.1 Å². The molecule has 0 aromatic heterocycles. The lowest BCUT2D eigenvalue weighted by Gasteiger charge is -2.42. The van der Waals surface area contributed by atoms with Gasteiger partial charge in [-0.1, -0.05) is 0 Å². The largest absolute Gasteiger partial charge is 0.332 e. The van der Waals surface area contributed by atoms with Crippen LogP contribution in [0.5, 0.6) is 0 Å². The van der Waals surface area contributed by atoms with Crippen LogP contribution in [0.4, 0.5) is 0 Å². The van der Waals surface area contributed by atoms with Gasteiger partial charge in [0, 0.05) is 13.1 Å². The van der Waals surface area contributed by atoms with E-state index >= 15 is 0 Å². The molecule has 102 valence electrons. The van der Waals surface area contributed by atoms with Gasteiger partial charge < -0.3 is 9.80 Å². The van der Waals surface area contributed by atoms with Crippen molar-refractivity contribution in [1.29, 1.82) is 0 Å². The quantitative estimate of drug-likeness (QED) is 0.708. The minimum absolute atomic E-state index is 0.143. The SMILES string of the molecule is CSCCCCN1CC(=O)N2CCCCC2C1=O. The van der Waals surface area contributed by atoms with Gasteiger partial charge in [-0.25, -0.2) is 0 Å². The number of unbranched alkanes of at least 4 members (excludes halogenated alkanes) is 1. The zero-order valence-electron chi connectivity index (χ0n) is 11.1. The van der Waals surface area contributed by atoms with E-state index in [0.717, 1.165) is 50.9 Å².